The van der Waals surface area contributed by atoms with Gasteiger partial charge in [0.05, 0.1) is 7.11 Å². The molecule has 1 aliphatic carbocycles. The first-order valence-electron chi connectivity index (χ1n) is 33.3. The molecule has 4 rings (SSSR count). The number of carbonyl (C=O) groups excluding carboxylic acids is 1. The molecular formula is C68H127IN12O2. The van der Waals surface area contributed by atoms with Crippen LogP contribution in [0.4, 0.5) is 0 Å². The first kappa shape index (κ1) is 73.5. The van der Waals surface area contributed by atoms with Gasteiger partial charge in [0.2, 0.25) is 5.91 Å². The molecule has 1 saturated heterocycles. The molecule has 2 fully saturated rings. The lowest BCUT2D eigenvalue weighted by molar-refractivity contribution is -0.128. The van der Waals surface area contributed by atoms with Crippen molar-refractivity contribution in [1.29, 1.82) is 0 Å². The van der Waals surface area contributed by atoms with E-state index in [1.165, 1.54) is 27.5 Å². The summed E-state index contributed by atoms with van der Waals surface area (Å²) >= 11 is 2.45. The summed E-state index contributed by atoms with van der Waals surface area (Å²) in [5, 5.41) is 45.1. The smallest absolute Gasteiger partial charge is 0.222 e. The molecule has 14 nitrogen and oxygen atoms in total. The fourth-order valence-corrected chi connectivity index (χ4v) is 13.1. The molecule has 0 spiro atoms. The average molecular weight is 1270 g/mol. The fourth-order valence-electron chi connectivity index (χ4n) is 12.5. The van der Waals surface area contributed by atoms with Gasteiger partial charge in [0.1, 0.15) is 5.75 Å². The van der Waals surface area contributed by atoms with Gasteiger partial charge in [-0.25, -0.2) is 0 Å². The Hall–Kier alpha value is -2.00. The van der Waals surface area contributed by atoms with Crippen LogP contribution in [0.15, 0.2) is 48.5 Å². The number of methoxy groups -OCH3 is 1. The van der Waals surface area contributed by atoms with Crippen LogP contribution >= 0.6 is 22.6 Å². The van der Waals surface area contributed by atoms with E-state index >= 15 is 0 Å². The van der Waals surface area contributed by atoms with Crippen LogP contribution < -0.4 is 63.2 Å². The lowest BCUT2D eigenvalue weighted by Gasteiger charge is -2.44. The number of benzene rings is 2. The number of amides is 1. The van der Waals surface area contributed by atoms with Crippen molar-refractivity contribution in [3.05, 3.63) is 63.2 Å². The normalized spacial score (nSPS) is 32.2. The Labute approximate surface area is 522 Å². The Morgan fingerprint density at radius 3 is 1.88 bits per heavy atom. The minimum atomic E-state index is 0.128. The second-order valence-electron chi connectivity index (χ2n) is 27.2. The van der Waals surface area contributed by atoms with E-state index in [-0.39, 0.29) is 48.2 Å². The topological polar surface area (TPSA) is 162 Å². The van der Waals surface area contributed by atoms with Crippen LogP contribution in [-0.4, -0.2) is 168 Å². The number of rotatable bonds is 17. The van der Waals surface area contributed by atoms with E-state index in [4.69, 9.17) is 4.74 Å². The van der Waals surface area contributed by atoms with Gasteiger partial charge in [-0.2, -0.15) is 0 Å². The number of halogens is 1. The van der Waals surface area contributed by atoms with Gasteiger partial charge in [-0.15, -0.1) is 0 Å². The maximum atomic E-state index is 13.2. The molecule has 0 bridgehead atoms. The van der Waals surface area contributed by atoms with Gasteiger partial charge >= 0.3 is 0 Å². The lowest BCUT2D eigenvalue weighted by Crippen LogP contribution is -2.64. The Morgan fingerprint density at radius 1 is 0.602 bits per heavy atom. The van der Waals surface area contributed by atoms with Crippen molar-refractivity contribution in [3.8, 4) is 5.75 Å². The summed E-state index contributed by atoms with van der Waals surface area (Å²) in [5.41, 5.74) is 2.66. The Bertz CT molecular complexity index is 2020. The molecule has 83 heavy (non-hydrogen) atoms. The summed E-state index contributed by atoms with van der Waals surface area (Å²) in [6.07, 6.45) is 13.3. The molecule has 1 amide bonds. The van der Waals surface area contributed by atoms with Crippen LogP contribution in [0, 0.1) is 21.3 Å². The van der Waals surface area contributed by atoms with Crippen LogP contribution in [0.3, 0.4) is 0 Å². The van der Waals surface area contributed by atoms with E-state index in [1.807, 2.05) is 14.1 Å². The highest BCUT2D eigenvalue weighted by molar-refractivity contribution is 14.1. The number of hydrogen-bond donors (Lipinski definition) is 11. The third kappa shape index (κ3) is 28.4. The van der Waals surface area contributed by atoms with Crippen molar-refractivity contribution in [1.82, 2.24) is 63.4 Å². The molecule has 15 heteroatoms. The highest BCUT2D eigenvalue weighted by atomic mass is 127. The molecule has 2 aromatic carbocycles. The van der Waals surface area contributed by atoms with E-state index in [1.54, 1.807) is 12.0 Å². The van der Waals surface area contributed by atoms with Crippen molar-refractivity contribution < 1.29 is 9.53 Å². The van der Waals surface area contributed by atoms with Crippen molar-refractivity contribution >= 4 is 28.5 Å². The lowest BCUT2D eigenvalue weighted by atomic mass is 9.84. The van der Waals surface area contributed by atoms with Crippen molar-refractivity contribution in [2.24, 2.45) is 17.8 Å². The molecule has 0 radical (unpaired) electrons. The molecule has 17 atom stereocenters. The van der Waals surface area contributed by atoms with E-state index in [2.05, 4.69) is 227 Å². The zero-order chi connectivity index (χ0) is 61.0. The third-order valence-corrected chi connectivity index (χ3v) is 19.1. The van der Waals surface area contributed by atoms with Crippen LogP contribution in [0.1, 0.15) is 179 Å². The van der Waals surface area contributed by atoms with Gasteiger partial charge < -0.3 is 68.1 Å². The number of hydrogen-bond acceptors (Lipinski definition) is 13. The quantitative estimate of drug-likeness (QED) is 0.0682. The SMILES string of the molecule is CCCC[C@H]1CN[C@@H](Cc2cccc(I)c2)CNCC(C)N[C@@H](Cc2ccc(OC)cc2)C(C)N[C@H]2CCC2N[C@@H](C)C(C)N[C@@H]([C@@H](C)CC)CN[C@@H](CC(C)C)C(C)NCCC(C)N[C@@H](CC(C)C)CN[C@@H](CCC(=O)N(C)C)C(C)N1. The number of nitrogens with one attached hydrogen (secondary N) is 11. The maximum Gasteiger partial charge on any atom is 0.222 e. The molecule has 2 aromatic rings. The summed E-state index contributed by atoms with van der Waals surface area (Å²) in [6, 6.07) is 22.3. The van der Waals surface area contributed by atoms with Crippen LogP contribution in [0.5, 0.6) is 5.75 Å². The second-order valence-corrected chi connectivity index (χ2v) is 28.4. The van der Waals surface area contributed by atoms with Gasteiger partial charge in [0, 0.05) is 153 Å². The van der Waals surface area contributed by atoms with Gasteiger partial charge in [-0.1, -0.05) is 92.0 Å². The third-order valence-electron chi connectivity index (χ3n) is 18.4. The fraction of sp³-hybridized carbons (Fsp3) is 0.809. The number of ether oxygens (including phenoxy) is 1. The summed E-state index contributed by atoms with van der Waals surface area (Å²) < 4.78 is 6.84. The van der Waals surface area contributed by atoms with Crippen molar-refractivity contribution in [2.45, 2.75) is 277 Å². The first-order chi connectivity index (χ1) is 39.6. The predicted molar refractivity (Wildman–Crippen MR) is 363 cm³/mol. The van der Waals surface area contributed by atoms with Gasteiger partial charge in [-0.3, -0.25) is 4.79 Å². The highest BCUT2D eigenvalue weighted by Crippen LogP contribution is 2.24. The Morgan fingerprint density at radius 2 is 1.25 bits per heavy atom. The Kier molecular flexibility index (Phi) is 35.2. The molecule has 11 N–H and O–H groups in total. The highest BCUT2D eigenvalue weighted by Gasteiger charge is 2.36. The van der Waals surface area contributed by atoms with Gasteiger partial charge in [0.25, 0.3) is 0 Å². The largest absolute Gasteiger partial charge is 0.497 e. The minimum Gasteiger partial charge on any atom is -0.497 e. The van der Waals surface area contributed by atoms with E-state index in [9.17, 15) is 4.79 Å². The number of nitrogens with zero attached hydrogens (tertiary/aromatic N) is 1. The molecule has 1 saturated carbocycles. The van der Waals surface area contributed by atoms with Gasteiger partial charge in [0.15, 0.2) is 0 Å². The van der Waals surface area contributed by atoms with Crippen LogP contribution in [-0.2, 0) is 17.6 Å². The van der Waals surface area contributed by atoms with E-state index in [0.29, 0.717) is 78.6 Å². The second kappa shape index (κ2) is 39.8. The molecule has 7 unspecified atom stereocenters. The standard InChI is InChI=1S/C68H127IN12O2/c1-18-20-24-58-42-72-59(38-56-22-21-23-57(69)37-56)41-70-40-49(9)76-66(39-55-25-27-61(83-17)28-26-55)54(14)80-64-30-29-63(64)78-50(10)51(11)79-67(47(7)19-2)44-74-65(36-46(5)6)52(12)71-34-33-48(8)75-60(35-45(3)4)43-73-62(53(13)77-58)31-32-68(82)81(15)16/h21-23,25-28,37,45-54,58-60,62-67,70-80H,18-20,24,29-36,38-44H2,1-17H3/t47-,48?,49?,50-,51?,52?,53?,54?,58-,59-,60-,62-,63?,64-,65-,66-,67+/m0/s1. The molecule has 478 valence electrons. The van der Waals surface area contributed by atoms with Crippen molar-refractivity contribution in [2.75, 3.05) is 60.5 Å². The number of carbonyl (C=O) groups is 1. The Balaban J connectivity index is 1.65. The summed E-state index contributed by atoms with van der Waals surface area (Å²) in [4.78, 5) is 14.9. The van der Waals surface area contributed by atoms with Crippen LogP contribution in [0.2, 0.25) is 0 Å². The van der Waals surface area contributed by atoms with Gasteiger partial charge in [-0.05, 0) is 189 Å². The molecular weight excluding hydrogens is 1140 g/mol. The molecule has 1 aliphatic heterocycles. The molecule has 0 aromatic heterocycles. The van der Waals surface area contributed by atoms with E-state index < -0.39 is 0 Å². The monoisotopic (exact) mass is 1270 g/mol. The molecule has 1 heterocycles. The summed E-state index contributed by atoms with van der Waals surface area (Å²) in [5.74, 6) is 2.76. The van der Waals surface area contributed by atoms with Crippen LogP contribution in [0.25, 0.3) is 0 Å². The summed E-state index contributed by atoms with van der Waals surface area (Å²) in [7, 11) is 5.50. The zero-order valence-corrected chi connectivity index (χ0v) is 57.8. The molecule has 2 aliphatic rings. The zero-order valence-electron chi connectivity index (χ0n) is 55.7. The predicted octanol–water partition coefficient (Wildman–Crippen LogP) is 9.00. The number of fused-ring (bicyclic) bond motifs is 1. The summed E-state index contributed by atoms with van der Waals surface area (Å²) in [6.45, 7) is 38.4. The van der Waals surface area contributed by atoms with Crippen molar-refractivity contribution in [3.63, 3.8) is 0 Å². The number of unbranched alkanes of at least 4 members (excludes halogenated alkanes) is 1. The van der Waals surface area contributed by atoms with E-state index in [0.717, 1.165) is 109 Å². The average Bonchev–Trinajstić information content (AvgIpc) is 3.59. The maximum absolute atomic E-state index is 13.2. The first-order valence-corrected chi connectivity index (χ1v) is 34.4. The minimum absolute atomic E-state index is 0.128.